The summed E-state index contributed by atoms with van der Waals surface area (Å²) in [5, 5.41) is 10.3. The highest BCUT2D eigenvalue weighted by Crippen LogP contribution is 2.22. The zero-order chi connectivity index (χ0) is 11.5. The molecule has 17 heavy (non-hydrogen) atoms. The van der Waals surface area contributed by atoms with Crippen molar-refractivity contribution in [2.24, 2.45) is 0 Å². The molecule has 0 saturated carbocycles. The molecule has 0 amide bonds. The summed E-state index contributed by atoms with van der Waals surface area (Å²) in [5.74, 6) is 0. The van der Waals surface area contributed by atoms with Gasteiger partial charge in [-0.1, -0.05) is 12.5 Å². The van der Waals surface area contributed by atoms with E-state index in [1.54, 1.807) is 11.3 Å². The molecule has 90 valence electrons. The first-order valence-corrected chi connectivity index (χ1v) is 7.10. The Bertz CT molecular complexity index is 455. The molecule has 0 aliphatic carbocycles. The summed E-state index contributed by atoms with van der Waals surface area (Å²) in [7, 11) is 0. The summed E-state index contributed by atoms with van der Waals surface area (Å²) < 4.78 is 2.07. The quantitative estimate of drug-likeness (QED) is 0.904. The van der Waals surface area contributed by atoms with Crippen LogP contribution in [0.3, 0.4) is 0 Å². The largest absolute Gasteiger partial charge is 0.312 e. The molecule has 0 radical (unpaired) electrons. The lowest BCUT2D eigenvalue weighted by Gasteiger charge is -2.23. The van der Waals surface area contributed by atoms with Gasteiger partial charge < -0.3 is 5.32 Å². The number of aromatic nitrogens is 2. The molecule has 2 aromatic heterocycles. The molecule has 1 atom stereocenters. The van der Waals surface area contributed by atoms with Crippen LogP contribution in [0.4, 0.5) is 0 Å². The fourth-order valence-electron chi connectivity index (χ4n) is 2.32. The minimum atomic E-state index is 0.597. The number of piperidine rings is 1. The van der Waals surface area contributed by atoms with Crippen LogP contribution in [0, 0.1) is 0 Å². The second-order valence-electron chi connectivity index (χ2n) is 4.55. The number of thiophene rings is 1. The highest BCUT2D eigenvalue weighted by Gasteiger charge is 2.13. The minimum Gasteiger partial charge on any atom is -0.312 e. The van der Waals surface area contributed by atoms with E-state index in [2.05, 4.69) is 44.9 Å². The van der Waals surface area contributed by atoms with Crippen LogP contribution in [0.2, 0.25) is 0 Å². The standard InChI is InChI=1S/C13H17N3S/c1-2-7-14-11(4-1)10-16-8-6-12(15-16)13-5-3-9-17-13/h3,5-6,8-9,11,14H,1-2,4,7,10H2. The highest BCUT2D eigenvalue weighted by molar-refractivity contribution is 7.13. The van der Waals surface area contributed by atoms with E-state index >= 15 is 0 Å². The number of hydrogen-bond acceptors (Lipinski definition) is 3. The van der Waals surface area contributed by atoms with Crippen molar-refractivity contribution in [1.29, 1.82) is 0 Å². The van der Waals surface area contributed by atoms with Crippen molar-refractivity contribution in [3.63, 3.8) is 0 Å². The molecule has 2 aromatic rings. The van der Waals surface area contributed by atoms with Gasteiger partial charge in [0.25, 0.3) is 0 Å². The number of nitrogens with one attached hydrogen (secondary N) is 1. The molecule has 1 aliphatic rings. The summed E-state index contributed by atoms with van der Waals surface area (Å²) >= 11 is 1.74. The van der Waals surface area contributed by atoms with E-state index in [0.29, 0.717) is 6.04 Å². The van der Waals surface area contributed by atoms with E-state index in [1.165, 1.54) is 24.1 Å². The van der Waals surface area contributed by atoms with Crippen molar-refractivity contribution >= 4 is 11.3 Å². The van der Waals surface area contributed by atoms with E-state index in [9.17, 15) is 0 Å². The average Bonchev–Trinajstić information content (AvgIpc) is 3.00. The van der Waals surface area contributed by atoms with Gasteiger partial charge in [0.2, 0.25) is 0 Å². The molecule has 3 rings (SSSR count). The van der Waals surface area contributed by atoms with E-state index in [0.717, 1.165) is 18.8 Å². The Balaban J connectivity index is 1.68. The van der Waals surface area contributed by atoms with Gasteiger partial charge in [-0.2, -0.15) is 5.10 Å². The van der Waals surface area contributed by atoms with Crippen molar-refractivity contribution in [1.82, 2.24) is 15.1 Å². The van der Waals surface area contributed by atoms with E-state index < -0.39 is 0 Å². The Morgan fingerprint density at radius 3 is 3.18 bits per heavy atom. The predicted octanol–water partition coefficient (Wildman–Crippen LogP) is 2.75. The van der Waals surface area contributed by atoms with Crippen LogP contribution in [0.1, 0.15) is 19.3 Å². The Morgan fingerprint density at radius 2 is 2.41 bits per heavy atom. The smallest absolute Gasteiger partial charge is 0.102 e. The van der Waals surface area contributed by atoms with Gasteiger partial charge >= 0.3 is 0 Å². The lowest BCUT2D eigenvalue weighted by Crippen LogP contribution is -2.37. The van der Waals surface area contributed by atoms with Crippen LogP contribution >= 0.6 is 11.3 Å². The highest BCUT2D eigenvalue weighted by atomic mass is 32.1. The van der Waals surface area contributed by atoms with Crippen LogP contribution in [0.15, 0.2) is 29.8 Å². The molecular formula is C13H17N3S. The van der Waals surface area contributed by atoms with Crippen LogP contribution in [0.5, 0.6) is 0 Å². The van der Waals surface area contributed by atoms with Gasteiger partial charge in [-0.3, -0.25) is 4.68 Å². The molecule has 1 unspecified atom stereocenters. The molecule has 0 aromatic carbocycles. The fourth-order valence-corrected chi connectivity index (χ4v) is 3.02. The van der Waals surface area contributed by atoms with E-state index in [4.69, 9.17) is 0 Å². The summed E-state index contributed by atoms with van der Waals surface area (Å²) in [6.45, 7) is 2.15. The van der Waals surface area contributed by atoms with Crippen LogP contribution in [-0.2, 0) is 6.54 Å². The summed E-state index contributed by atoms with van der Waals surface area (Å²) in [6, 6.07) is 6.90. The lowest BCUT2D eigenvalue weighted by molar-refractivity contribution is 0.351. The first-order valence-electron chi connectivity index (χ1n) is 6.22. The maximum Gasteiger partial charge on any atom is 0.102 e. The van der Waals surface area contributed by atoms with Gasteiger partial charge in [-0.15, -0.1) is 11.3 Å². The van der Waals surface area contributed by atoms with Gasteiger partial charge in [0.15, 0.2) is 0 Å². The molecule has 3 heterocycles. The third-order valence-corrected chi connectivity index (χ3v) is 4.13. The maximum absolute atomic E-state index is 4.63. The maximum atomic E-state index is 4.63. The predicted molar refractivity (Wildman–Crippen MR) is 71.2 cm³/mol. The topological polar surface area (TPSA) is 29.9 Å². The van der Waals surface area contributed by atoms with Crippen molar-refractivity contribution in [3.8, 4) is 10.6 Å². The molecule has 1 aliphatic heterocycles. The van der Waals surface area contributed by atoms with E-state index in [1.807, 2.05) is 0 Å². The first-order chi connectivity index (χ1) is 8.42. The van der Waals surface area contributed by atoms with Gasteiger partial charge in [0.05, 0.1) is 11.4 Å². The Hall–Kier alpha value is -1.13. The fraction of sp³-hybridized carbons (Fsp3) is 0.462. The Kier molecular flexibility index (Phi) is 3.25. The lowest BCUT2D eigenvalue weighted by atomic mass is 10.1. The Labute approximate surface area is 105 Å². The molecule has 1 saturated heterocycles. The van der Waals surface area contributed by atoms with E-state index in [-0.39, 0.29) is 0 Å². The SMILES string of the molecule is c1csc(-c2ccn(CC3CCCCN3)n2)c1. The van der Waals surface area contributed by atoms with Crippen molar-refractivity contribution in [3.05, 3.63) is 29.8 Å². The molecule has 1 N–H and O–H groups in total. The van der Waals surface area contributed by atoms with Crippen LogP contribution in [0.25, 0.3) is 10.6 Å². The van der Waals surface area contributed by atoms with Crippen LogP contribution < -0.4 is 5.32 Å². The summed E-state index contributed by atoms with van der Waals surface area (Å²) in [4.78, 5) is 1.25. The zero-order valence-corrected chi connectivity index (χ0v) is 10.6. The second kappa shape index (κ2) is 5.02. The van der Waals surface area contributed by atoms with Gasteiger partial charge in [0, 0.05) is 12.2 Å². The van der Waals surface area contributed by atoms with Gasteiger partial charge in [-0.05, 0) is 36.9 Å². The minimum absolute atomic E-state index is 0.597. The van der Waals surface area contributed by atoms with Crippen molar-refractivity contribution in [2.75, 3.05) is 6.54 Å². The summed E-state index contributed by atoms with van der Waals surface area (Å²) in [5.41, 5.74) is 1.09. The number of rotatable bonds is 3. The third kappa shape index (κ3) is 2.58. The first kappa shape index (κ1) is 11.0. The molecule has 4 heteroatoms. The van der Waals surface area contributed by atoms with Gasteiger partial charge in [0.1, 0.15) is 5.69 Å². The Morgan fingerprint density at radius 1 is 1.41 bits per heavy atom. The average molecular weight is 247 g/mol. The molecular weight excluding hydrogens is 230 g/mol. The molecule has 0 bridgehead atoms. The number of nitrogens with zero attached hydrogens (tertiary/aromatic N) is 2. The number of hydrogen-bond donors (Lipinski definition) is 1. The second-order valence-corrected chi connectivity index (χ2v) is 5.49. The normalized spacial score (nSPS) is 20.6. The third-order valence-electron chi connectivity index (χ3n) is 3.23. The van der Waals surface area contributed by atoms with Crippen molar-refractivity contribution in [2.45, 2.75) is 31.8 Å². The van der Waals surface area contributed by atoms with Crippen molar-refractivity contribution < 1.29 is 0 Å². The zero-order valence-electron chi connectivity index (χ0n) is 9.80. The monoisotopic (exact) mass is 247 g/mol. The summed E-state index contributed by atoms with van der Waals surface area (Å²) in [6.07, 6.45) is 6.02. The molecule has 0 spiro atoms. The molecule has 1 fully saturated rings. The van der Waals surface area contributed by atoms with Gasteiger partial charge in [-0.25, -0.2) is 0 Å². The molecule has 3 nitrogen and oxygen atoms in total. The van der Waals surface area contributed by atoms with Crippen LogP contribution in [-0.4, -0.2) is 22.4 Å².